The van der Waals surface area contributed by atoms with E-state index in [1.165, 1.54) is 70.6 Å². The van der Waals surface area contributed by atoms with E-state index >= 15 is 0 Å². The molecular weight excluding hydrogens is 270 g/mol. The molecule has 0 spiro atoms. The highest BCUT2D eigenvalue weighted by molar-refractivity contribution is 5.94. The maximum atomic E-state index is 5.62. The molecule has 1 heterocycles. The highest BCUT2D eigenvalue weighted by Gasteiger charge is 2.12. The van der Waals surface area contributed by atoms with Crippen molar-refractivity contribution >= 4 is 5.84 Å². The van der Waals surface area contributed by atoms with Gasteiger partial charge in [0, 0.05) is 19.6 Å². The van der Waals surface area contributed by atoms with Crippen LogP contribution in [0.4, 0.5) is 0 Å². The van der Waals surface area contributed by atoms with Gasteiger partial charge in [-0.25, -0.2) is 0 Å². The Labute approximate surface area is 138 Å². The normalized spacial score (nSPS) is 15.0. The molecule has 0 fully saturated rings. The molecule has 0 bridgehead atoms. The molecule has 3 heteroatoms. The Morgan fingerprint density at radius 2 is 1.64 bits per heavy atom. The van der Waals surface area contributed by atoms with Crippen LogP contribution in [0.1, 0.15) is 77.6 Å². The third-order valence-electron chi connectivity index (χ3n) is 4.36. The molecule has 0 radical (unpaired) electrons. The van der Waals surface area contributed by atoms with Gasteiger partial charge in [0.2, 0.25) is 0 Å². The topological polar surface area (TPSA) is 41.6 Å². The van der Waals surface area contributed by atoms with Crippen LogP contribution in [0.15, 0.2) is 17.1 Å². The van der Waals surface area contributed by atoms with Gasteiger partial charge in [0.15, 0.2) is 0 Å². The molecular formula is C19H37N3. The van der Waals surface area contributed by atoms with E-state index in [0.717, 1.165) is 25.5 Å². The molecule has 1 aliphatic rings. The van der Waals surface area contributed by atoms with Crippen LogP contribution in [0.2, 0.25) is 0 Å². The molecule has 128 valence electrons. The van der Waals surface area contributed by atoms with Crippen LogP contribution in [0.5, 0.6) is 0 Å². The van der Waals surface area contributed by atoms with E-state index in [1.807, 2.05) is 0 Å². The number of nitrogens with zero attached hydrogens (tertiary/aromatic N) is 2. The number of rotatable bonds is 14. The molecule has 0 unspecified atom stereocenters. The van der Waals surface area contributed by atoms with E-state index in [0.29, 0.717) is 6.54 Å². The second kappa shape index (κ2) is 13.8. The standard InChI is InChI=1S/C19H37N3/c1-2-3-4-5-6-7-8-9-10-11-12-13-14-19-21-16-18-22(19)17-15-20/h13-14H,2-12,15-18,20H2,1H3/b14-13+. The van der Waals surface area contributed by atoms with Crippen molar-refractivity contribution in [1.29, 1.82) is 0 Å². The predicted octanol–water partition coefficient (Wildman–Crippen LogP) is 4.53. The molecule has 22 heavy (non-hydrogen) atoms. The van der Waals surface area contributed by atoms with E-state index in [-0.39, 0.29) is 0 Å². The Morgan fingerprint density at radius 3 is 2.27 bits per heavy atom. The summed E-state index contributed by atoms with van der Waals surface area (Å²) in [6, 6.07) is 0. The van der Waals surface area contributed by atoms with Gasteiger partial charge in [0.25, 0.3) is 0 Å². The fourth-order valence-electron chi connectivity index (χ4n) is 2.98. The molecule has 0 amide bonds. The Hall–Kier alpha value is -0.830. The van der Waals surface area contributed by atoms with Crippen molar-refractivity contribution in [2.75, 3.05) is 26.2 Å². The summed E-state index contributed by atoms with van der Waals surface area (Å²) in [5.41, 5.74) is 5.62. The number of nitrogens with two attached hydrogens (primary N) is 1. The number of hydrogen-bond donors (Lipinski definition) is 1. The minimum atomic E-state index is 0.714. The molecule has 0 saturated heterocycles. The van der Waals surface area contributed by atoms with Gasteiger partial charge in [-0.05, 0) is 18.9 Å². The van der Waals surface area contributed by atoms with E-state index in [2.05, 4.69) is 29.0 Å². The van der Waals surface area contributed by atoms with E-state index in [4.69, 9.17) is 5.73 Å². The molecule has 0 atom stereocenters. The quantitative estimate of drug-likeness (QED) is 0.479. The van der Waals surface area contributed by atoms with Crippen molar-refractivity contribution in [3.63, 3.8) is 0 Å². The van der Waals surface area contributed by atoms with E-state index in [1.54, 1.807) is 0 Å². The van der Waals surface area contributed by atoms with Gasteiger partial charge < -0.3 is 10.6 Å². The highest BCUT2D eigenvalue weighted by Crippen LogP contribution is 2.11. The summed E-state index contributed by atoms with van der Waals surface area (Å²) in [6.45, 7) is 5.89. The van der Waals surface area contributed by atoms with Gasteiger partial charge in [0.1, 0.15) is 5.84 Å². The van der Waals surface area contributed by atoms with Crippen LogP contribution in [-0.2, 0) is 0 Å². The molecule has 1 aliphatic heterocycles. The van der Waals surface area contributed by atoms with Crippen LogP contribution < -0.4 is 5.73 Å². The van der Waals surface area contributed by atoms with Gasteiger partial charge in [-0.2, -0.15) is 0 Å². The molecule has 0 aromatic rings. The SMILES string of the molecule is CCCCCCCCCCCC/C=C/C1=NCCN1CCN. The molecule has 0 aliphatic carbocycles. The van der Waals surface area contributed by atoms with Crippen LogP contribution in [0.3, 0.4) is 0 Å². The zero-order valence-corrected chi connectivity index (χ0v) is 14.7. The van der Waals surface area contributed by atoms with Crippen LogP contribution in [-0.4, -0.2) is 36.9 Å². The summed E-state index contributed by atoms with van der Waals surface area (Å²) in [5.74, 6) is 1.14. The first-order valence-electron chi connectivity index (χ1n) is 9.54. The van der Waals surface area contributed by atoms with Crippen molar-refractivity contribution in [2.45, 2.75) is 77.6 Å². The zero-order chi connectivity index (χ0) is 15.9. The molecule has 3 nitrogen and oxygen atoms in total. The first-order chi connectivity index (χ1) is 10.9. The predicted molar refractivity (Wildman–Crippen MR) is 98.5 cm³/mol. The largest absolute Gasteiger partial charge is 0.354 e. The number of amidine groups is 1. The lowest BCUT2D eigenvalue weighted by Gasteiger charge is -2.16. The average Bonchev–Trinajstić information content (AvgIpc) is 2.96. The molecule has 1 rings (SSSR count). The zero-order valence-electron chi connectivity index (χ0n) is 14.7. The summed E-state index contributed by atoms with van der Waals surface area (Å²) in [6.07, 6.45) is 19.7. The Balaban J connectivity index is 1.90. The number of hydrogen-bond acceptors (Lipinski definition) is 3. The van der Waals surface area contributed by atoms with Crippen molar-refractivity contribution in [2.24, 2.45) is 10.7 Å². The third kappa shape index (κ3) is 9.24. The van der Waals surface area contributed by atoms with Crippen LogP contribution >= 0.6 is 0 Å². The van der Waals surface area contributed by atoms with Crippen molar-refractivity contribution < 1.29 is 0 Å². The summed E-state index contributed by atoms with van der Waals surface area (Å²) in [5, 5.41) is 0. The van der Waals surface area contributed by atoms with Gasteiger partial charge in [-0.1, -0.05) is 70.8 Å². The second-order valence-corrected chi connectivity index (χ2v) is 6.39. The summed E-state index contributed by atoms with van der Waals surface area (Å²) in [4.78, 5) is 6.81. The number of unbranched alkanes of at least 4 members (excludes halogenated alkanes) is 10. The van der Waals surface area contributed by atoms with Gasteiger partial charge >= 0.3 is 0 Å². The Kier molecular flexibility index (Phi) is 12.1. The second-order valence-electron chi connectivity index (χ2n) is 6.39. The highest BCUT2D eigenvalue weighted by atomic mass is 15.2. The molecule has 0 aromatic heterocycles. The van der Waals surface area contributed by atoms with Gasteiger partial charge in [-0.15, -0.1) is 0 Å². The first kappa shape index (κ1) is 19.2. The van der Waals surface area contributed by atoms with Crippen LogP contribution in [0, 0.1) is 0 Å². The molecule has 2 N–H and O–H groups in total. The number of allylic oxidation sites excluding steroid dienone is 1. The Morgan fingerprint density at radius 1 is 1.00 bits per heavy atom. The summed E-state index contributed by atoms with van der Waals surface area (Å²) < 4.78 is 0. The van der Waals surface area contributed by atoms with Gasteiger partial charge in [-0.3, -0.25) is 4.99 Å². The average molecular weight is 308 g/mol. The minimum Gasteiger partial charge on any atom is -0.354 e. The monoisotopic (exact) mass is 307 g/mol. The van der Waals surface area contributed by atoms with E-state index < -0.39 is 0 Å². The number of aliphatic imine (C=N–C) groups is 1. The lowest BCUT2D eigenvalue weighted by Crippen LogP contribution is -2.31. The van der Waals surface area contributed by atoms with Crippen molar-refractivity contribution in [3.05, 3.63) is 12.2 Å². The molecule has 0 saturated carbocycles. The maximum absolute atomic E-state index is 5.62. The summed E-state index contributed by atoms with van der Waals surface area (Å²) >= 11 is 0. The summed E-state index contributed by atoms with van der Waals surface area (Å²) in [7, 11) is 0. The molecule has 0 aromatic carbocycles. The fraction of sp³-hybridized carbons (Fsp3) is 0.842. The van der Waals surface area contributed by atoms with E-state index in [9.17, 15) is 0 Å². The maximum Gasteiger partial charge on any atom is 0.123 e. The smallest absolute Gasteiger partial charge is 0.123 e. The van der Waals surface area contributed by atoms with Crippen molar-refractivity contribution in [1.82, 2.24) is 4.90 Å². The third-order valence-corrected chi connectivity index (χ3v) is 4.36. The lowest BCUT2D eigenvalue weighted by molar-refractivity contribution is 0.469. The van der Waals surface area contributed by atoms with Crippen molar-refractivity contribution in [3.8, 4) is 0 Å². The van der Waals surface area contributed by atoms with Gasteiger partial charge in [0.05, 0.1) is 6.54 Å². The van der Waals surface area contributed by atoms with Crippen LogP contribution in [0.25, 0.3) is 0 Å². The lowest BCUT2D eigenvalue weighted by atomic mass is 10.1. The Bertz CT molecular complexity index is 310. The minimum absolute atomic E-state index is 0.714. The first-order valence-corrected chi connectivity index (χ1v) is 9.54. The fourth-order valence-corrected chi connectivity index (χ4v) is 2.98.